The minimum absolute atomic E-state index is 0.0365. The van der Waals surface area contributed by atoms with Gasteiger partial charge >= 0.3 is 0 Å². The predicted octanol–water partition coefficient (Wildman–Crippen LogP) is 4.33. The Bertz CT molecular complexity index is 1170. The number of nitrogens with zero attached hydrogens (tertiary/aromatic N) is 1. The highest BCUT2D eigenvalue weighted by molar-refractivity contribution is 7.93. The first-order valence-electron chi connectivity index (χ1n) is 8.16. The van der Waals surface area contributed by atoms with Gasteiger partial charge in [0, 0.05) is 5.56 Å². The largest absolute Gasteiger partial charge is 0.384 e. The molecule has 5 nitrogen and oxygen atoms in total. The number of rotatable bonds is 4. The summed E-state index contributed by atoms with van der Waals surface area (Å²) in [5.41, 5.74) is 9.66. The van der Waals surface area contributed by atoms with E-state index in [4.69, 9.17) is 5.73 Å². The van der Waals surface area contributed by atoms with Gasteiger partial charge in [0.15, 0.2) is 9.84 Å². The second-order valence-corrected chi connectivity index (χ2v) is 9.40. The second kappa shape index (κ2) is 6.26. The van der Waals surface area contributed by atoms with Crippen LogP contribution in [0.2, 0.25) is 0 Å². The first-order valence-corrected chi connectivity index (χ1v) is 10.6. The molecule has 4 aromatic rings. The van der Waals surface area contributed by atoms with Crippen LogP contribution in [0.5, 0.6) is 0 Å². The Labute approximate surface area is 155 Å². The van der Waals surface area contributed by atoms with Gasteiger partial charge in [0.05, 0.1) is 11.1 Å². The van der Waals surface area contributed by atoms with Crippen LogP contribution in [0.3, 0.4) is 0 Å². The number of aromatic amines is 1. The van der Waals surface area contributed by atoms with Crippen LogP contribution in [0.1, 0.15) is 6.92 Å². The molecule has 0 saturated heterocycles. The van der Waals surface area contributed by atoms with Crippen molar-refractivity contribution in [2.24, 2.45) is 0 Å². The third-order valence-electron chi connectivity index (χ3n) is 4.35. The number of thiophene rings is 1. The van der Waals surface area contributed by atoms with Gasteiger partial charge in [0.25, 0.3) is 0 Å². The fourth-order valence-electron chi connectivity index (χ4n) is 2.97. The monoisotopic (exact) mass is 383 g/mol. The molecule has 0 aliphatic rings. The molecule has 0 aliphatic heterocycles. The van der Waals surface area contributed by atoms with E-state index in [0.29, 0.717) is 25.8 Å². The van der Waals surface area contributed by atoms with Crippen LogP contribution in [0, 0.1) is 0 Å². The highest BCUT2D eigenvalue weighted by atomic mass is 32.2. The number of H-pyrrole nitrogens is 1. The van der Waals surface area contributed by atoms with Crippen LogP contribution in [-0.4, -0.2) is 24.4 Å². The Morgan fingerprint density at radius 1 is 1.00 bits per heavy atom. The molecule has 0 aliphatic carbocycles. The summed E-state index contributed by atoms with van der Waals surface area (Å²) in [6, 6.07) is 17.9. The van der Waals surface area contributed by atoms with Crippen LogP contribution in [0.4, 0.5) is 5.82 Å². The molecule has 0 spiro atoms. The SMILES string of the molecule is CCS(=O)(=O)c1sc2n[nH]c(N)c2c1-c1ccc(-c2ccccc2)cc1. The maximum absolute atomic E-state index is 12.6. The van der Waals surface area contributed by atoms with E-state index in [9.17, 15) is 8.42 Å². The van der Waals surface area contributed by atoms with Gasteiger partial charge in [-0.05, 0) is 16.7 Å². The van der Waals surface area contributed by atoms with Crippen LogP contribution in [-0.2, 0) is 9.84 Å². The summed E-state index contributed by atoms with van der Waals surface area (Å²) < 4.78 is 25.5. The standard InChI is InChI=1S/C19H17N3O2S2/c1-2-26(23,24)19-15(16-17(20)21-22-18(16)25-19)14-10-8-13(9-11-14)12-6-4-3-5-7-12/h3-11H,2H2,1H3,(H3,20,21,22). The number of sulfone groups is 1. The van der Waals surface area contributed by atoms with Gasteiger partial charge in [-0.15, -0.1) is 11.3 Å². The van der Waals surface area contributed by atoms with Crippen molar-refractivity contribution in [1.82, 2.24) is 10.2 Å². The molecule has 0 radical (unpaired) electrons. The van der Waals surface area contributed by atoms with E-state index in [1.807, 2.05) is 54.6 Å². The van der Waals surface area contributed by atoms with E-state index in [1.54, 1.807) is 6.92 Å². The quantitative estimate of drug-likeness (QED) is 0.549. The number of hydrogen-bond donors (Lipinski definition) is 2. The van der Waals surface area contributed by atoms with Crippen molar-refractivity contribution in [1.29, 1.82) is 0 Å². The van der Waals surface area contributed by atoms with Crippen LogP contribution >= 0.6 is 11.3 Å². The minimum Gasteiger partial charge on any atom is -0.384 e. The number of fused-ring (bicyclic) bond motifs is 1. The predicted molar refractivity (Wildman–Crippen MR) is 107 cm³/mol. The number of nitrogen functional groups attached to an aromatic ring is 1. The molecule has 4 rings (SSSR count). The van der Waals surface area contributed by atoms with Gasteiger partial charge in [0.2, 0.25) is 0 Å². The molecule has 132 valence electrons. The van der Waals surface area contributed by atoms with E-state index in [0.717, 1.165) is 28.0 Å². The minimum atomic E-state index is -3.38. The van der Waals surface area contributed by atoms with Gasteiger partial charge < -0.3 is 5.73 Å². The van der Waals surface area contributed by atoms with E-state index in [2.05, 4.69) is 10.2 Å². The molecule has 2 heterocycles. The molecular weight excluding hydrogens is 366 g/mol. The van der Waals surface area contributed by atoms with Crippen LogP contribution in [0.15, 0.2) is 58.8 Å². The van der Waals surface area contributed by atoms with E-state index in [1.165, 1.54) is 0 Å². The Kier molecular flexibility index (Phi) is 4.05. The molecule has 0 unspecified atom stereocenters. The van der Waals surface area contributed by atoms with Crippen molar-refractivity contribution >= 4 is 37.2 Å². The van der Waals surface area contributed by atoms with Gasteiger partial charge in [-0.2, -0.15) is 5.10 Å². The topological polar surface area (TPSA) is 88.8 Å². The Balaban J connectivity index is 1.91. The van der Waals surface area contributed by atoms with Crippen molar-refractivity contribution in [2.75, 3.05) is 11.5 Å². The first kappa shape index (κ1) is 16.8. The highest BCUT2D eigenvalue weighted by Gasteiger charge is 2.26. The van der Waals surface area contributed by atoms with Crippen LogP contribution in [0.25, 0.3) is 32.5 Å². The van der Waals surface area contributed by atoms with Crippen molar-refractivity contribution in [3.05, 3.63) is 54.6 Å². The van der Waals surface area contributed by atoms with E-state index >= 15 is 0 Å². The summed E-state index contributed by atoms with van der Waals surface area (Å²) in [5, 5.41) is 7.56. The molecule has 0 atom stereocenters. The Morgan fingerprint density at radius 2 is 1.62 bits per heavy atom. The Morgan fingerprint density at radius 3 is 2.27 bits per heavy atom. The zero-order valence-corrected chi connectivity index (χ0v) is 15.7. The van der Waals surface area contributed by atoms with Crippen molar-refractivity contribution < 1.29 is 8.42 Å². The number of aromatic nitrogens is 2. The number of hydrogen-bond acceptors (Lipinski definition) is 5. The highest BCUT2D eigenvalue weighted by Crippen LogP contribution is 2.43. The number of anilines is 1. The number of nitrogens with two attached hydrogens (primary N) is 1. The second-order valence-electron chi connectivity index (χ2n) is 5.93. The number of nitrogens with one attached hydrogen (secondary N) is 1. The number of benzene rings is 2. The lowest BCUT2D eigenvalue weighted by molar-refractivity contribution is 0.599. The smallest absolute Gasteiger partial charge is 0.188 e. The molecule has 26 heavy (non-hydrogen) atoms. The van der Waals surface area contributed by atoms with Crippen molar-refractivity contribution in [3.8, 4) is 22.3 Å². The van der Waals surface area contributed by atoms with E-state index in [-0.39, 0.29) is 5.75 Å². The summed E-state index contributed by atoms with van der Waals surface area (Å²) in [6.07, 6.45) is 0. The molecule has 0 amide bonds. The Hall–Kier alpha value is -2.64. The summed E-state index contributed by atoms with van der Waals surface area (Å²) in [5.74, 6) is 0.422. The molecule has 0 saturated carbocycles. The zero-order valence-electron chi connectivity index (χ0n) is 14.1. The van der Waals surface area contributed by atoms with Crippen LogP contribution < -0.4 is 5.73 Å². The first-order chi connectivity index (χ1) is 12.5. The fraction of sp³-hybridized carbons (Fsp3) is 0.105. The molecule has 2 aromatic heterocycles. The average molecular weight is 383 g/mol. The molecule has 0 fully saturated rings. The lowest BCUT2D eigenvalue weighted by atomic mass is 10.0. The maximum atomic E-state index is 12.6. The summed E-state index contributed by atoms with van der Waals surface area (Å²) in [6.45, 7) is 1.64. The fourth-order valence-corrected chi connectivity index (χ4v) is 5.76. The van der Waals surface area contributed by atoms with Gasteiger partial charge in [-0.3, -0.25) is 5.10 Å². The zero-order chi connectivity index (χ0) is 18.3. The van der Waals surface area contributed by atoms with Gasteiger partial charge in [-0.1, -0.05) is 61.5 Å². The normalized spacial score (nSPS) is 11.9. The lowest BCUT2D eigenvalue weighted by Gasteiger charge is -2.07. The third kappa shape index (κ3) is 2.69. The molecule has 3 N–H and O–H groups in total. The van der Waals surface area contributed by atoms with Crippen molar-refractivity contribution in [2.45, 2.75) is 11.1 Å². The van der Waals surface area contributed by atoms with Gasteiger partial charge in [-0.25, -0.2) is 8.42 Å². The maximum Gasteiger partial charge on any atom is 0.188 e. The average Bonchev–Trinajstić information content (AvgIpc) is 3.23. The summed E-state index contributed by atoms with van der Waals surface area (Å²) in [4.78, 5) is 0.608. The molecule has 0 bridgehead atoms. The van der Waals surface area contributed by atoms with Crippen molar-refractivity contribution in [3.63, 3.8) is 0 Å². The summed E-state index contributed by atoms with van der Waals surface area (Å²) in [7, 11) is -3.38. The molecule has 2 aromatic carbocycles. The van der Waals surface area contributed by atoms with Gasteiger partial charge in [0.1, 0.15) is 14.9 Å². The summed E-state index contributed by atoms with van der Waals surface area (Å²) >= 11 is 1.16. The third-order valence-corrected chi connectivity index (χ3v) is 7.77. The molecule has 7 heteroatoms. The lowest BCUT2D eigenvalue weighted by Crippen LogP contribution is -2.03. The molecular formula is C19H17N3O2S2. The van der Waals surface area contributed by atoms with E-state index < -0.39 is 9.84 Å².